The molecular weight excluding hydrogens is 436 g/mol. The average Bonchev–Trinajstić information content (AvgIpc) is 3.19. The molecule has 6 rings (SSSR count). The Labute approximate surface area is 197 Å². The number of ether oxygens (including phenoxy) is 3. The maximum absolute atomic E-state index is 13.6. The van der Waals surface area contributed by atoms with Crippen molar-refractivity contribution in [3.05, 3.63) is 58.7 Å². The van der Waals surface area contributed by atoms with E-state index in [2.05, 4.69) is 6.92 Å². The van der Waals surface area contributed by atoms with Gasteiger partial charge in [-0.05, 0) is 55.4 Å². The van der Waals surface area contributed by atoms with Crippen LogP contribution in [0.4, 0.5) is 0 Å². The zero-order valence-corrected chi connectivity index (χ0v) is 19.1. The summed E-state index contributed by atoms with van der Waals surface area (Å²) in [6.45, 7) is 2.18. The number of hydrogen-bond acceptors (Lipinski definition) is 6. The summed E-state index contributed by atoms with van der Waals surface area (Å²) in [6.07, 6.45) is 2.14. The van der Waals surface area contributed by atoms with Crippen molar-refractivity contribution in [2.75, 3.05) is 7.11 Å². The van der Waals surface area contributed by atoms with Crippen LogP contribution in [0.15, 0.2) is 36.4 Å². The monoisotopic (exact) mass is 462 g/mol. The quantitative estimate of drug-likeness (QED) is 0.687. The van der Waals surface area contributed by atoms with Crippen molar-refractivity contribution in [1.29, 1.82) is 0 Å². The Kier molecular flexibility index (Phi) is 4.41. The zero-order chi connectivity index (χ0) is 23.8. The minimum atomic E-state index is -1.18. The lowest BCUT2D eigenvalue weighted by molar-refractivity contribution is -0.188. The van der Waals surface area contributed by atoms with Gasteiger partial charge in [-0.2, -0.15) is 0 Å². The molecule has 2 aromatic carbocycles. The number of Topliss-reactive ketones (excluding diaryl/α,β-unsaturated/α-hetero) is 1. The third kappa shape index (κ3) is 2.44. The number of ketones is 1. The summed E-state index contributed by atoms with van der Waals surface area (Å²) in [5, 5.41) is 9.64. The van der Waals surface area contributed by atoms with Gasteiger partial charge in [0.05, 0.1) is 23.7 Å². The molecule has 3 aliphatic carbocycles. The summed E-state index contributed by atoms with van der Waals surface area (Å²) in [5.41, 5.74) is 0.218. The van der Waals surface area contributed by atoms with E-state index in [1.807, 2.05) is 12.1 Å². The van der Waals surface area contributed by atoms with Gasteiger partial charge in [0.1, 0.15) is 5.60 Å². The van der Waals surface area contributed by atoms with Crippen molar-refractivity contribution >= 4 is 17.7 Å². The number of methoxy groups -OCH3 is 1. The molecular formula is C27H26O7. The number of carboxylic acid groups (broad SMARTS) is 1. The summed E-state index contributed by atoms with van der Waals surface area (Å²) in [7, 11) is 1.58. The van der Waals surface area contributed by atoms with Crippen LogP contribution in [0, 0.1) is 11.8 Å². The molecule has 1 heterocycles. The molecule has 176 valence electrons. The normalized spacial score (nSPS) is 32.4. The van der Waals surface area contributed by atoms with Crippen molar-refractivity contribution in [1.82, 2.24) is 0 Å². The molecule has 5 atom stereocenters. The van der Waals surface area contributed by atoms with E-state index in [4.69, 9.17) is 14.2 Å². The Morgan fingerprint density at radius 1 is 1.12 bits per heavy atom. The van der Waals surface area contributed by atoms with Crippen molar-refractivity contribution < 1.29 is 33.7 Å². The summed E-state index contributed by atoms with van der Waals surface area (Å²) in [4.78, 5) is 38.7. The Morgan fingerprint density at radius 2 is 1.88 bits per heavy atom. The van der Waals surface area contributed by atoms with Crippen LogP contribution in [0.3, 0.4) is 0 Å². The van der Waals surface area contributed by atoms with Crippen LogP contribution in [-0.4, -0.2) is 41.6 Å². The second-order valence-electron chi connectivity index (χ2n) is 10.0. The Hall–Kier alpha value is -3.35. The molecule has 7 nitrogen and oxygen atoms in total. The van der Waals surface area contributed by atoms with Gasteiger partial charge in [0.15, 0.2) is 23.4 Å². The van der Waals surface area contributed by atoms with Gasteiger partial charge in [-0.1, -0.05) is 25.1 Å². The maximum atomic E-state index is 13.6. The molecule has 4 aliphatic rings. The van der Waals surface area contributed by atoms with Gasteiger partial charge in [-0.25, -0.2) is 9.59 Å². The first kappa shape index (κ1) is 21.2. The number of carboxylic acids is 1. The number of benzene rings is 2. The number of esters is 1. The lowest BCUT2D eigenvalue weighted by atomic mass is 9.43. The lowest BCUT2D eigenvalue weighted by Crippen LogP contribution is -2.72. The summed E-state index contributed by atoms with van der Waals surface area (Å²) in [6, 6.07) is 10.0. The molecule has 1 spiro atoms. The fraction of sp³-hybridized carbons (Fsp3) is 0.444. The van der Waals surface area contributed by atoms with E-state index in [0.29, 0.717) is 30.8 Å². The highest BCUT2D eigenvalue weighted by Crippen LogP contribution is 2.69. The van der Waals surface area contributed by atoms with E-state index in [9.17, 15) is 19.5 Å². The van der Waals surface area contributed by atoms with Crippen LogP contribution >= 0.6 is 0 Å². The average molecular weight is 462 g/mol. The van der Waals surface area contributed by atoms with E-state index in [1.54, 1.807) is 19.2 Å². The van der Waals surface area contributed by atoms with Crippen LogP contribution in [0.5, 0.6) is 11.5 Å². The predicted molar refractivity (Wildman–Crippen MR) is 120 cm³/mol. The molecule has 0 radical (unpaired) electrons. The van der Waals surface area contributed by atoms with Crippen LogP contribution in [0.2, 0.25) is 0 Å². The van der Waals surface area contributed by atoms with Gasteiger partial charge >= 0.3 is 11.9 Å². The second kappa shape index (κ2) is 7.08. The smallest absolute Gasteiger partial charge is 0.339 e. The molecule has 2 bridgehead atoms. The molecule has 0 saturated heterocycles. The number of carbonyl (C=O) groups is 3. The molecule has 0 aromatic heterocycles. The van der Waals surface area contributed by atoms with Gasteiger partial charge in [0.25, 0.3) is 0 Å². The third-order valence-corrected chi connectivity index (χ3v) is 8.72. The molecule has 2 fully saturated rings. The second-order valence-corrected chi connectivity index (χ2v) is 10.0. The first-order valence-electron chi connectivity index (χ1n) is 11.8. The highest BCUT2D eigenvalue weighted by molar-refractivity contribution is 6.02. The van der Waals surface area contributed by atoms with Crippen molar-refractivity contribution in [3.63, 3.8) is 0 Å². The van der Waals surface area contributed by atoms with E-state index in [0.717, 1.165) is 17.5 Å². The molecule has 1 unspecified atom stereocenters. The van der Waals surface area contributed by atoms with Crippen molar-refractivity contribution in [2.24, 2.45) is 11.8 Å². The van der Waals surface area contributed by atoms with Crippen LogP contribution in [-0.2, 0) is 21.4 Å². The third-order valence-electron chi connectivity index (χ3n) is 8.72. The van der Waals surface area contributed by atoms with Crippen LogP contribution in [0.1, 0.15) is 64.4 Å². The minimum Gasteiger partial charge on any atom is -0.493 e. The maximum Gasteiger partial charge on any atom is 0.339 e. The number of aromatic carboxylic acids is 1. The summed E-state index contributed by atoms with van der Waals surface area (Å²) in [5.74, 6) is -0.418. The largest absolute Gasteiger partial charge is 0.493 e. The van der Waals surface area contributed by atoms with Crippen molar-refractivity contribution in [2.45, 2.75) is 56.1 Å². The van der Waals surface area contributed by atoms with Gasteiger partial charge in [-0.3, -0.25) is 4.79 Å². The number of carbonyl (C=O) groups excluding carboxylic acids is 2. The van der Waals surface area contributed by atoms with Crippen LogP contribution in [0.25, 0.3) is 0 Å². The Balaban J connectivity index is 1.56. The Morgan fingerprint density at radius 3 is 2.62 bits per heavy atom. The fourth-order valence-electron chi connectivity index (χ4n) is 7.32. The number of hydrogen-bond donors (Lipinski definition) is 1. The lowest BCUT2D eigenvalue weighted by Gasteiger charge is -2.62. The van der Waals surface area contributed by atoms with Crippen molar-refractivity contribution in [3.8, 4) is 11.5 Å². The molecule has 1 aliphatic heterocycles. The minimum absolute atomic E-state index is 0.00626. The summed E-state index contributed by atoms with van der Waals surface area (Å²) < 4.78 is 18.4. The zero-order valence-electron chi connectivity index (χ0n) is 19.1. The van der Waals surface area contributed by atoms with Gasteiger partial charge in [0.2, 0.25) is 0 Å². The molecule has 34 heavy (non-hydrogen) atoms. The highest BCUT2D eigenvalue weighted by atomic mass is 16.6. The first-order chi connectivity index (χ1) is 16.3. The molecule has 0 amide bonds. The molecule has 1 N–H and O–H groups in total. The molecule has 7 heteroatoms. The predicted octanol–water partition coefficient (Wildman–Crippen LogP) is 3.95. The highest BCUT2D eigenvalue weighted by Gasteiger charge is 2.75. The van der Waals surface area contributed by atoms with E-state index in [-0.39, 0.29) is 35.2 Å². The SMILES string of the molecule is COc1ccc2c3c1O[C@H]1C(=O)CC[C@@]4(OC(=O)c5ccccc5C(=O)O)[C@@H](C2)C(C)CC[C@]314. The fourth-order valence-corrected chi connectivity index (χ4v) is 7.32. The molecule has 2 aromatic rings. The van der Waals surface area contributed by atoms with E-state index >= 15 is 0 Å². The van der Waals surface area contributed by atoms with Gasteiger partial charge in [0, 0.05) is 17.9 Å². The topological polar surface area (TPSA) is 99.1 Å². The van der Waals surface area contributed by atoms with Gasteiger partial charge < -0.3 is 19.3 Å². The summed E-state index contributed by atoms with van der Waals surface area (Å²) >= 11 is 0. The number of rotatable bonds is 4. The molecule has 2 saturated carbocycles. The van der Waals surface area contributed by atoms with Gasteiger partial charge in [-0.15, -0.1) is 0 Å². The van der Waals surface area contributed by atoms with Crippen LogP contribution < -0.4 is 9.47 Å². The van der Waals surface area contributed by atoms with E-state index in [1.165, 1.54) is 12.1 Å². The first-order valence-corrected chi connectivity index (χ1v) is 11.8. The van der Waals surface area contributed by atoms with E-state index < -0.39 is 29.1 Å². The Bertz CT molecular complexity index is 1250. The standard InChI is InChI=1S/C27H26O7/c1-14-9-11-26-21-15-7-8-20(32-2)22(21)33-23(26)19(28)10-12-27(26,18(14)13-15)34-25(31)17-6-4-3-5-16(17)24(29)30/h3-8,14,18,23H,9-13H2,1-2H3,(H,29,30)/t14?,18-,23-,26-,27+/m0/s1.